The van der Waals surface area contributed by atoms with Crippen molar-refractivity contribution in [3.63, 3.8) is 0 Å². The summed E-state index contributed by atoms with van der Waals surface area (Å²) in [7, 11) is 0. The summed E-state index contributed by atoms with van der Waals surface area (Å²) in [5.41, 5.74) is 0. The van der Waals surface area contributed by atoms with Crippen LogP contribution in [0.25, 0.3) is 0 Å². The summed E-state index contributed by atoms with van der Waals surface area (Å²) in [5.74, 6) is -0.874. The monoisotopic (exact) mass is 214 g/mol. The Hall–Kier alpha value is -1.36. The first-order valence-corrected chi connectivity index (χ1v) is 4.97. The Morgan fingerprint density at radius 2 is 2.07 bits per heavy atom. The van der Waals surface area contributed by atoms with Crippen molar-refractivity contribution >= 4 is 11.9 Å². The number of carboxylic acids is 1. The number of hydrogen-bond donors (Lipinski definition) is 3. The van der Waals surface area contributed by atoms with E-state index in [2.05, 4.69) is 17.2 Å². The van der Waals surface area contributed by atoms with Crippen LogP contribution in [-0.4, -0.2) is 36.6 Å². The molecule has 15 heavy (non-hydrogen) atoms. The Labute approximate surface area is 89.6 Å². The van der Waals surface area contributed by atoms with Gasteiger partial charge in [-0.1, -0.05) is 6.08 Å². The zero-order chi connectivity index (χ0) is 11.5. The molecule has 0 unspecified atom stereocenters. The fraction of sp³-hybridized carbons (Fsp3) is 0.600. The van der Waals surface area contributed by atoms with Crippen LogP contribution in [0.5, 0.6) is 0 Å². The number of carbonyl (C=O) groups is 2. The van der Waals surface area contributed by atoms with Gasteiger partial charge >= 0.3 is 5.97 Å². The van der Waals surface area contributed by atoms with Crippen LogP contribution in [0.2, 0.25) is 0 Å². The highest BCUT2D eigenvalue weighted by Gasteiger charge is 1.99. The molecular weight excluding hydrogens is 196 g/mol. The van der Waals surface area contributed by atoms with Gasteiger partial charge in [0.15, 0.2) is 0 Å². The first-order chi connectivity index (χ1) is 7.16. The van der Waals surface area contributed by atoms with E-state index in [-0.39, 0.29) is 18.9 Å². The van der Waals surface area contributed by atoms with E-state index >= 15 is 0 Å². The van der Waals surface area contributed by atoms with Gasteiger partial charge < -0.3 is 15.7 Å². The average molecular weight is 214 g/mol. The van der Waals surface area contributed by atoms with Gasteiger partial charge in [-0.2, -0.15) is 0 Å². The van der Waals surface area contributed by atoms with Crippen molar-refractivity contribution in [2.24, 2.45) is 0 Å². The Morgan fingerprint density at radius 3 is 2.67 bits per heavy atom. The lowest BCUT2D eigenvalue weighted by Crippen LogP contribution is -2.34. The minimum atomic E-state index is -0.797. The van der Waals surface area contributed by atoms with Gasteiger partial charge in [0.05, 0.1) is 6.54 Å². The molecule has 5 nitrogen and oxygen atoms in total. The van der Waals surface area contributed by atoms with Crippen LogP contribution >= 0.6 is 0 Å². The zero-order valence-corrected chi connectivity index (χ0v) is 8.79. The van der Waals surface area contributed by atoms with E-state index < -0.39 is 5.97 Å². The number of amides is 1. The number of unbranched alkanes of at least 4 members (excludes halogenated alkanes) is 1. The van der Waals surface area contributed by atoms with Gasteiger partial charge in [-0.05, 0) is 12.8 Å². The highest BCUT2D eigenvalue weighted by molar-refractivity contribution is 5.77. The summed E-state index contributed by atoms with van der Waals surface area (Å²) in [5, 5.41) is 13.9. The summed E-state index contributed by atoms with van der Waals surface area (Å²) in [6.07, 6.45) is 3.12. The summed E-state index contributed by atoms with van der Waals surface area (Å²) in [4.78, 5) is 21.3. The van der Waals surface area contributed by atoms with Crippen molar-refractivity contribution in [2.45, 2.75) is 19.3 Å². The molecule has 3 N–H and O–H groups in total. The molecule has 0 aliphatic carbocycles. The highest BCUT2D eigenvalue weighted by atomic mass is 16.4. The van der Waals surface area contributed by atoms with Crippen LogP contribution in [-0.2, 0) is 9.59 Å². The standard InChI is InChI=1S/C10H18N2O3/c1-2-6-11-8-9(13)12-7-4-3-5-10(14)15/h2,11H,1,3-8H2,(H,12,13)(H,14,15). The molecule has 0 radical (unpaired) electrons. The number of carboxylic acid groups (broad SMARTS) is 1. The maximum Gasteiger partial charge on any atom is 0.303 e. The van der Waals surface area contributed by atoms with Gasteiger partial charge in [-0.25, -0.2) is 0 Å². The van der Waals surface area contributed by atoms with Gasteiger partial charge in [0.2, 0.25) is 5.91 Å². The molecule has 0 heterocycles. The van der Waals surface area contributed by atoms with Crippen molar-refractivity contribution in [3.8, 4) is 0 Å². The molecule has 0 aromatic carbocycles. The van der Waals surface area contributed by atoms with E-state index in [9.17, 15) is 9.59 Å². The predicted molar refractivity (Wildman–Crippen MR) is 57.6 cm³/mol. The van der Waals surface area contributed by atoms with Crippen LogP contribution in [0.15, 0.2) is 12.7 Å². The van der Waals surface area contributed by atoms with Crippen LogP contribution < -0.4 is 10.6 Å². The maximum absolute atomic E-state index is 11.1. The topological polar surface area (TPSA) is 78.4 Å². The predicted octanol–water partition coefficient (Wildman–Crippen LogP) is 0.133. The SMILES string of the molecule is C=CCNCC(=O)NCCCCC(=O)O. The molecule has 0 rings (SSSR count). The molecule has 0 atom stereocenters. The summed E-state index contributed by atoms with van der Waals surface area (Å²) in [6, 6.07) is 0. The van der Waals surface area contributed by atoms with Crippen LogP contribution in [0.1, 0.15) is 19.3 Å². The molecule has 0 spiro atoms. The largest absolute Gasteiger partial charge is 0.481 e. The second-order valence-electron chi connectivity index (χ2n) is 3.12. The first-order valence-electron chi connectivity index (χ1n) is 4.97. The second-order valence-corrected chi connectivity index (χ2v) is 3.12. The zero-order valence-electron chi connectivity index (χ0n) is 8.79. The molecule has 0 saturated carbocycles. The highest BCUT2D eigenvalue weighted by Crippen LogP contribution is 1.92. The van der Waals surface area contributed by atoms with E-state index in [1.807, 2.05) is 0 Å². The normalized spacial score (nSPS) is 9.60. The van der Waals surface area contributed by atoms with Crippen molar-refractivity contribution in [3.05, 3.63) is 12.7 Å². The number of hydrogen-bond acceptors (Lipinski definition) is 3. The van der Waals surface area contributed by atoms with Crippen molar-refractivity contribution in [1.29, 1.82) is 0 Å². The smallest absolute Gasteiger partial charge is 0.303 e. The number of aliphatic carboxylic acids is 1. The molecular formula is C10H18N2O3. The Balaban J connectivity index is 3.23. The van der Waals surface area contributed by atoms with Gasteiger partial charge in [-0.3, -0.25) is 9.59 Å². The lowest BCUT2D eigenvalue weighted by molar-refractivity contribution is -0.137. The Kier molecular flexibility index (Phi) is 8.37. The van der Waals surface area contributed by atoms with Gasteiger partial charge in [0, 0.05) is 19.5 Å². The lowest BCUT2D eigenvalue weighted by atomic mass is 10.2. The summed E-state index contributed by atoms with van der Waals surface area (Å²) >= 11 is 0. The molecule has 1 amide bonds. The van der Waals surface area contributed by atoms with Crippen molar-refractivity contribution in [2.75, 3.05) is 19.6 Å². The van der Waals surface area contributed by atoms with Crippen molar-refractivity contribution < 1.29 is 14.7 Å². The molecule has 0 aromatic rings. The summed E-state index contributed by atoms with van der Waals surface area (Å²) < 4.78 is 0. The number of nitrogens with one attached hydrogen (secondary N) is 2. The van der Waals surface area contributed by atoms with E-state index in [0.29, 0.717) is 25.9 Å². The molecule has 5 heteroatoms. The molecule has 0 aliphatic heterocycles. The first kappa shape index (κ1) is 13.6. The molecule has 86 valence electrons. The number of rotatable bonds is 9. The fourth-order valence-electron chi connectivity index (χ4n) is 0.979. The third kappa shape index (κ3) is 10.6. The van der Waals surface area contributed by atoms with Gasteiger partial charge in [0.1, 0.15) is 0 Å². The molecule has 0 aromatic heterocycles. The third-order valence-corrected chi connectivity index (χ3v) is 1.71. The minimum Gasteiger partial charge on any atom is -0.481 e. The quantitative estimate of drug-likeness (QED) is 0.376. The fourth-order valence-corrected chi connectivity index (χ4v) is 0.979. The second kappa shape index (κ2) is 9.21. The average Bonchev–Trinajstić information content (AvgIpc) is 2.17. The molecule has 0 saturated heterocycles. The van der Waals surface area contributed by atoms with Gasteiger partial charge in [-0.15, -0.1) is 6.58 Å². The molecule has 0 aliphatic rings. The number of carbonyl (C=O) groups excluding carboxylic acids is 1. The van der Waals surface area contributed by atoms with Crippen molar-refractivity contribution in [1.82, 2.24) is 10.6 Å². The molecule has 0 fully saturated rings. The lowest BCUT2D eigenvalue weighted by Gasteiger charge is -2.04. The van der Waals surface area contributed by atoms with E-state index in [4.69, 9.17) is 5.11 Å². The minimum absolute atomic E-state index is 0.0767. The van der Waals surface area contributed by atoms with Crippen LogP contribution in [0.4, 0.5) is 0 Å². The Bertz CT molecular complexity index is 217. The van der Waals surface area contributed by atoms with Crippen LogP contribution in [0, 0.1) is 0 Å². The van der Waals surface area contributed by atoms with E-state index in [1.165, 1.54) is 0 Å². The Morgan fingerprint density at radius 1 is 1.33 bits per heavy atom. The maximum atomic E-state index is 11.1. The van der Waals surface area contributed by atoms with E-state index in [0.717, 1.165) is 0 Å². The van der Waals surface area contributed by atoms with E-state index in [1.54, 1.807) is 6.08 Å². The van der Waals surface area contributed by atoms with Crippen LogP contribution in [0.3, 0.4) is 0 Å². The molecule has 0 bridgehead atoms. The summed E-state index contributed by atoms with van der Waals surface area (Å²) in [6.45, 7) is 4.91. The van der Waals surface area contributed by atoms with Gasteiger partial charge in [0.25, 0.3) is 0 Å². The third-order valence-electron chi connectivity index (χ3n) is 1.71.